The number of amidine groups is 1. The molecule has 3 rings (SSSR count). The van der Waals surface area contributed by atoms with Crippen molar-refractivity contribution in [2.24, 2.45) is 4.99 Å². The number of benzene rings is 2. The van der Waals surface area contributed by atoms with Crippen LogP contribution in [0, 0.1) is 0 Å². The maximum atomic E-state index is 12.7. The standard InChI is InChI=1S/C21H22ClN3O3S/c1-3-25-20(27)18(29-21(25)24-16-7-5-6-14(22)12-16)13-19(26)23-15-8-10-17(11-9-15)28-4-2/h5-12,18H,3-4,13H2,1-2H3,(H,23,26)/t18-/m0/s1. The van der Waals surface area contributed by atoms with E-state index >= 15 is 0 Å². The lowest BCUT2D eigenvalue weighted by Crippen LogP contribution is -2.33. The number of ether oxygens (including phenoxy) is 1. The lowest BCUT2D eigenvalue weighted by atomic mass is 10.2. The largest absolute Gasteiger partial charge is 0.494 e. The summed E-state index contributed by atoms with van der Waals surface area (Å²) in [6.45, 7) is 4.87. The zero-order valence-corrected chi connectivity index (χ0v) is 17.8. The quantitative estimate of drug-likeness (QED) is 0.688. The summed E-state index contributed by atoms with van der Waals surface area (Å²) in [5, 5.41) is 3.48. The smallest absolute Gasteiger partial charge is 0.242 e. The van der Waals surface area contributed by atoms with Gasteiger partial charge in [0.25, 0.3) is 0 Å². The van der Waals surface area contributed by atoms with E-state index in [1.54, 1.807) is 47.4 Å². The number of hydrogen-bond acceptors (Lipinski definition) is 5. The number of anilines is 1. The van der Waals surface area contributed by atoms with Gasteiger partial charge in [0.15, 0.2) is 5.17 Å². The summed E-state index contributed by atoms with van der Waals surface area (Å²) in [6.07, 6.45) is 0.0712. The highest BCUT2D eigenvalue weighted by Crippen LogP contribution is 2.32. The summed E-state index contributed by atoms with van der Waals surface area (Å²) in [5.41, 5.74) is 1.33. The van der Waals surface area contributed by atoms with Crippen LogP contribution in [0.4, 0.5) is 11.4 Å². The van der Waals surface area contributed by atoms with Gasteiger partial charge in [-0.3, -0.25) is 14.5 Å². The Balaban J connectivity index is 1.66. The molecule has 0 spiro atoms. The lowest BCUT2D eigenvalue weighted by Gasteiger charge is -2.13. The maximum absolute atomic E-state index is 12.7. The van der Waals surface area contributed by atoms with Crippen molar-refractivity contribution in [1.29, 1.82) is 0 Å². The van der Waals surface area contributed by atoms with E-state index in [9.17, 15) is 9.59 Å². The van der Waals surface area contributed by atoms with Crippen LogP contribution in [0.1, 0.15) is 20.3 Å². The van der Waals surface area contributed by atoms with Gasteiger partial charge in [-0.25, -0.2) is 4.99 Å². The molecule has 2 amide bonds. The monoisotopic (exact) mass is 431 g/mol. The van der Waals surface area contributed by atoms with Gasteiger partial charge in [0, 0.05) is 23.7 Å². The van der Waals surface area contributed by atoms with Crippen molar-refractivity contribution in [3.05, 3.63) is 53.6 Å². The number of halogens is 1. The second kappa shape index (κ2) is 9.80. The molecule has 8 heteroatoms. The van der Waals surface area contributed by atoms with Gasteiger partial charge in [-0.15, -0.1) is 0 Å². The first kappa shape index (κ1) is 21.2. The van der Waals surface area contributed by atoms with E-state index in [-0.39, 0.29) is 18.2 Å². The molecule has 2 aromatic carbocycles. The molecule has 1 saturated heterocycles. The minimum absolute atomic E-state index is 0.0712. The van der Waals surface area contributed by atoms with Crippen LogP contribution in [0.25, 0.3) is 0 Å². The molecule has 0 bridgehead atoms. The molecule has 1 fully saturated rings. The summed E-state index contributed by atoms with van der Waals surface area (Å²) < 4.78 is 5.39. The van der Waals surface area contributed by atoms with E-state index < -0.39 is 5.25 Å². The summed E-state index contributed by atoms with van der Waals surface area (Å²) >= 11 is 7.32. The molecule has 152 valence electrons. The number of amides is 2. The summed E-state index contributed by atoms with van der Waals surface area (Å²) in [6, 6.07) is 14.3. The third kappa shape index (κ3) is 5.52. The number of nitrogens with zero attached hydrogens (tertiary/aromatic N) is 2. The number of hydrogen-bond donors (Lipinski definition) is 1. The van der Waals surface area contributed by atoms with Crippen molar-refractivity contribution in [2.45, 2.75) is 25.5 Å². The molecule has 1 N–H and O–H groups in total. The van der Waals surface area contributed by atoms with E-state index in [1.807, 2.05) is 19.9 Å². The van der Waals surface area contributed by atoms with Crippen LogP contribution in [0.15, 0.2) is 53.5 Å². The van der Waals surface area contributed by atoms with Crippen LogP contribution in [0.5, 0.6) is 5.75 Å². The SMILES string of the molecule is CCOc1ccc(NC(=O)C[C@@H]2SC(=Nc3cccc(Cl)c3)N(CC)C2=O)cc1. The molecule has 1 aliphatic rings. The van der Waals surface area contributed by atoms with Gasteiger partial charge >= 0.3 is 0 Å². The third-order valence-electron chi connectivity index (χ3n) is 4.19. The van der Waals surface area contributed by atoms with Crippen LogP contribution in [0.2, 0.25) is 5.02 Å². The van der Waals surface area contributed by atoms with Crippen LogP contribution >= 0.6 is 23.4 Å². The zero-order chi connectivity index (χ0) is 20.8. The van der Waals surface area contributed by atoms with Gasteiger partial charge in [0.1, 0.15) is 11.0 Å². The van der Waals surface area contributed by atoms with Crippen molar-refractivity contribution in [2.75, 3.05) is 18.5 Å². The van der Waals surface area contributed by atoms with E-state index in [1.165, 1.54) is 11.8 Å². The van der Waals surface area contributed by atoms with Crippen molar-refractivity contribution >= 4 is 51.7 Å². The minimum atomic E-state index is -0.504. The predicted molar refractivity (Wildman–Crippen MR) is 118 cm³/mol. The molecule has 0 aliphatic carbocycles. The van der Waals surface area contributed by atoms with Crippen molar-refractivity contribution in [3.8, 4) is 5.75 Å². The fraction of sp³-hybridized carbons (Fsp3) is 0.286. The average molecular weight is 432 g/mol. The second-order valence-corrected chi connectivity index (χ2v) is 7.88. The number of carbonyl (C=O) groups excluding carboxylic acids is 2. The molecule has 1 atom stereocenters. The molecule has 29 heavy (non-hydrogen) atoms. The van der Waals surface area contributed by atoms with E-state index in [4.69, 9.17) is 16.3 Å². The molecular weight excluding hydrogens is 410 g/mol. The van der Waals surface area contributed by atoms with Crippen LogP contribution in [-0.4, -0.2) is 40.3 Å². The van der Waals surface area contributed by atoms with Gasteiger partial charge in [0.2, 0.25) is 11.8 Å². The molecule has 0 unspecified atom stereocenters. The Kier molecular flexibility index (Phi) is 7.17. The Morgan fingerprint density at radius 3 is 2.66 bits per heavy atom. The molecule has 2 aromatic rings. The fourth-order valence-corrected chi connectivity index (χ4v) is 4.26. The normalized spacial score (nSPS) is 17.6. The lowest BCUT2D eigenvalue weighted by molar-refractivity contribution is -0.128. The number of aliphatic imine (C=N–C) groups is 1. The number of nitrogens with one attached hydrogen (secondary N) is 1. The highest BCUT2D eigenvalue weighted by atomic mass is 35.5. The van der Waals surface area contributed by atoms with Crippen LogP contribution in [0.3, 0.4) is 0 Å². The Morgan fingerprint density at radius 2 is 2.00 bits per heavy atom. The first-order chi connectivity index (χ1) is 14.0. The Hall–Kier alpha value is -2.51. The maximum Gasteiger partial charge on any atom is 0.242 e. The Labute approximate surface area is 179 Å². The van der Waals surface area contributed by atoms with E-state index in [0.29, 0.717) is 34.7 Å². The number of carbonyl (C=O) groups is 2. The highest BCUT2D eigenvalue weighted by Gasteiger charge is 2.38. The van der Waals surface area contributed by atoms with Crippen LogP contribution in [-0.2, 0) is 9.59 Å². The Bertz CT molecular complexity index is 918. The third-order valence-corrected chi connectivity index (χ3v) is 5.60. The first-order valence-corrected chi connectivity index (χ1v) is 10.6. The first-order valence-electron chi connectivity index (χ1n) is 9.35. The molecule has 0 radical (unpaired) electrons. The van der Waals surface area contributed by atoms with E-state index in [2.05, 4.69) is 10.3 Å². The van der Waals surface area contributed by atoms with Crippen molar-refractivity contribution in [1.82, 2.24) is 4.90 Å². The molecular formula is C21H22ClN3O3S. The predicted octanol–water partition coefficient (Wildman–Crippen LogP) is 4.72. The molecule has 1 aliphatic heterocycles. The summed E-state index contributed by atoms with van der Waals surface area (Å²) in [7, 11) is 0. The summed E-state index contributed by atoms with van der Waals surface area (Å²) in [4.78, 5) is 31.3. The molecule has 0 saturated carbocycles. The number of rotatable bonds is 7. The van der Waals surface area contributed by atoms with Crippen molar-refractivity contribution < 1.29 is 14.3 Å². The minimum Gasteiger partial charge on any atom is -0.494 e. The van der Waals surface area contributed by atoms with Crippen LogP contribution < -0.4 is 10.1 Å². The topological polar surface area (TPSA) is 71.0 Å². The fourth-order valence-electron chi connectivity index (χ4n) is 2.85. The van der Waals surface area contributed by atoms with Gasteiger partial charge in [-0.1, -0.05) is 29.4 Å². The Morgan fingerprint density at radius 1 is 1.24 bits per heavy atom. The van der Waals surface area contributed by atoms with Gasteiger partial charge < -0.3 is 10.1 Å². The van der Waals surface area contributed by atoms with Gasteiger partial charge in [-0.2, -0.15) is 0 Å². The second-order valence-electron chi connectivity index (χ2n) is 6.27. The summed E-state index contributed by atoms with van der Waals surface area (Å²) in [5.74, 6) is 0.410. The van der Waals surface area contributed by atoms with Crippen molar-refractivity contribution in [3.63, 3.8) is 0 Å². The number of thioether (sulfide) groups is 1. The zero-order valence-electron chi connectivity index (χ0n) is 16.2. The molecule has 1 heterocycles. The highest BCUT2D eigenvalue weighted by molar-refractivity contribution is 8.15. The van der Waals surface area contributed by atoms with E-state index in [0.717, 1.165) is 5.75 Å². The van der Waals surface area contributed by atoms with Gasteiger partial charge in [-0.05, 0) is 56.3 Å². The van der Waals surface area contributed by atoms with Gasteiger partial charge in [0.05, 0.1) is 12.3 Å². The average Bonchev–Trinajstić information content (AvgIpc) is 2.97. The molecule has 6 nitrogen and oxygen atoms in total. The molecule has 0 aromatic heterocycles.